The molecule has 1 unspecified atom stereocenters. The minimum absolute atomic E-state index is 0.226. The molecule has 0 bridgehead atoms. The van der Waals surface area contributed by atoms with E-state index < -0.39 is 0 Å². The molecule has 0 amide bonds. The van der Waals surface area contributed by atoms with Gasteiger partial charge in [0.1, 0.15) is 5.82 Å². The maximum absolute atomic E-state index is 13.5. The second-order valence-corrected chi connectivity index (χ2v) is 7.29. The molecule has 25 heavy (non-hydrogen) atoms. The van der Waals surface area contributed by atoms with E-state index in [2.05, 4.69) is 38.4 Å². The lowest BCUT2D eigenvalue weighted by Crippen LogP contribution is -2.10. The SMILES string of the molecule is Cc1cc(F)c(P)cc1/C=N/N(C)c1nc(-c2ccccc2C)cs1. The van der Waals surface area contributed by atoms with Crippen LogP contribution in [0, 0.1) is 19.7 Å². The summed E-state index contributed by atoms with van der Waals surface area (Å²) in [6.07, 6.45) is 1.73. The van der Waals surface area contributed by atoms with Gasteiger partial charge in [-0.15, -0.1) is 20.6 Å². The molecule has 0 spiro atoms. The molecule has 0 aliphatic carbocycles. The van der Waals surface area contributed by atoms with Crippen LogP contribution in [0.25, 0.3) is 11.3 Å². The Bertz CT molecular complexity index is 936. The van der Waals surface area contributed by atoms with Crippen molar-refractivity contribution in [2.75, 3.05) is 12.1 Å². The average Bonchev–Trinajstić information content (AvgIpc) is 3.07. The van der Waals surface area contributed by atoms with Crippen LogP contribution in [0.5, 0.6) is 0 Å². The Morgan fingerprint density at radius 3 is 2.72 bits per heavy atom. The minimum atomic E-state index is -0.226. The normalized spacial score (nSPS) is 11.2. The summed E-state index contributed by atoms with van der Waals surface area (Å²) in [5, 5.41) is 9.56. The number of rotatable bonds is 4. The van der Waals surface area contributed by atoms with Gasteiger partial charge in [0.2, 0.25) is 5.13 Å². The van der Waals surface area contributed by atoms with Crippen molar-refractivity contribution >= 4 is 37.2 Å². The Hall–Kier alpha value is -2.10. The summed E-state index contributed by atoms with van der Waals surface area (Å²) in [4.78, 5) is 4.67. The highest BCUT2D eigenvalue weighted by Gasteiger charge is 2.09. The third kappa shape index (κ3) is 3.94. The summed E-state index contributed by atoms with van der Waals surface area (Å²) in [6, 6.07) is 11.5. The van der Waals surface area contributed by atoms with E-state index in [9.17, 15) is 4.39 Å². The first-order chi connectivity index (χ1) is 12.0. The number of hydrazone groups is 1. The molecule has 1 heterocycles. The number of aromatic nitrogens is 1. The van der Waals surface area contributed by atoms with E-state index in [1.54, 1.807) is 28.6 Å². The Morgan fingerprint density at radius 1 is 1.20 bits per heavy atom. The molecule has 0 N–H and O–H groups in total. The fourth-order valence-corrected chi connectivity index (χ4v) is 3.45. The molecule has 3 aromatic rings. The molecule has 3 nitrogen and oxygen atoms in total. The van der Waals surface area contributed by atoms with Gasteiger partial charge in [-0.2, -0.15) is 5.10 Å². The van der Waals surface area contributed by atoms with E-state index in [-0.39, 0.29) is 5.82 Å². The Labute approximate surface area is 153 Å². The number of halogens is 1. The van der Waals surface area contributed by atoms with Gasteiger partial charge in [0.05, 0.1) is 11.9 Å². The summed E-state index contributed by atoms with van der Waals surface area (Å²) >= 11 is 1.54. The van der Waals surface area contributed by atoms with Crippen molar-refractivity contribution in [3.8, 4) is 11.3 Å². The molecule has 0 fully saturated rings. The number of thiazole rings is 1. The van der Waals surface area contributed by atoms with Crippen LogP contribution in [0.3, 0.4) is 0 Å². The molecular weight excluding hydrogens is 352 g/mol. The lowest BCUT2D eigenvalue weighted by Gasteiger charge is -2.09. The number of hydrogen-bond acceptors (Lipinski definition) is 4. The monoisotopic (exact) mass is 371 g/mol. The van der Waals surface area contributed by atoms with Crippen LogP contribution in [0.4, 0.5) is 9.52 Å². The summed E-state index contributed by atoms with van der Waals surface area (Å²) in [5.41, 5.74) is 5.00. The largest absolute Gasteiger partial charge is 0.242 e. The van der Waals surface area contributed by atoms with Gasteiger partial charge in [0.15, 0.2) is 0 Å². The predicted octanol–water partition coefficient (Wildman–Crippen LogP) is 4.54. The van der Waals surface area contributed by atoms with E-state index in [4.69, 9.17) is 0 Å². The summed E-state index contributed by atoms with van der Waals surface area (Å²) in [7, 11) is 4.26. The second kappa shape index (κ2) is 7.42. The van der Waals surface area contributed by atoms with Crippen molar-refractivity contribution in [1.82, 2.24) is 4.98 Å². The quantitative estimate of drug-likeness (QED) is 0.383. The van der Waals surface area contributed by atoms with E-state index in [0.717, 1.165) is 27.5 Å². The van der Waals surface area contributed by atoms with Crippen LogP contribution in [0.15, 0.2) is 46.9 Å². The summed E-state index contributed by atoms with van der Waals surface area (Å²) in [5.74, 6) is -0.226. The van der Waals surface area contributed by atoms with E-state index >= 15 is 0 Å². The number of anilines is 1. The average molecular weight is 371 g/mol. The molecule has 6 heteroatoms. The maximum atomic E-state index is 13.5. The first-order valence-electron chi connectivity index (χ1n) is 7.80. The zero-order chi connectivity index (χ0) is 18.0. The molecule has 1 aromatic heterocycles. The Balaban J connectivity index is 1.82. The van der Waals surface area contributed by atoms with Gasteiger partial charge < -0.3 is 0 Å². The zero-order valence-electron chi connectivity index (χ0n) is 14.3. The topological polar surface area (TPSA) is 28.5 Å². The third-order valence-corrected chi connectivity index (χ3v) is 5.30. The second-order valence-electron chi connectivity index (χ2n) is 5.83. The Morgan fingerprint density at radius 2 is 1.96 bits per heavy atom. The van der Waals surface area contributed by atoms with Crippen molar-refractivity contribution in [3.05, 3.63) is 64.3 Å². The highest BCUT2D eigenvalue weighted by molar-refractivity contribution is 7.27. The van der Waals surface area contributed by atoms with E-state index in [1.807, 2.05) is 31.5 Å². The van der Waals surface area contributed by atoms with Gasteiger partial charge >= 0.3 is 0 Å². The van der Waals surface area contributed by atoms with Crippen molar-refractivity contribution in [3.63, 3.8) is 0 Å². The van der Waals surface area contributed by atoms with Gasteiger partial charge in [-0.3, -0.25) is 0 Å². The molecule has 3 rings (SSSR count). The van der Waals surface area contributed by atoms with Crippen molar-refractivity contribution < 1.29 is 4.39 Å². The molecule has 2 aromatic carbocycles. The molecule has 0 saturated heterocycles. The summed E-state index contributed by atoms with van der Waals surface area (Å²) in [6.45, 7) is 3.95. The van der Waals surface area contributed by atoms with Crippen LogP contribution < -0.4 is 10.3 Å². The van der Waals surface area contributed by atoms with Gasteiger partial charge in [0.25, 0.3) is 0 Å². The van der Waals surface area contributed by atoms with Crippen molar-refractivity contribution in [2.24, 2.45) is 5.10 Å². The fourth-order valence-electron chi connectivity index (χ4n) is 2.44. The molecule has 0 aliphatic heterocycles. The Kier molecular flexibility index (Phi) is 5.26. The van der Waals surface area contributed by atoms with Crippen LogP contribution in [0.1, 0.15) is 16.7 Å². The molecule has 128 valence electrons. The summed E-state index contributed by atoms with van der Waals surface area (Å²) < 4.78 is 13.5. The molecular formula is C19H19FN3PS. The van der Waals surface area contributed by atoms with Gasteiger partial charge in [-0.05, 0) is 42.7 Å². The van der Waals surface area contributed by atoms with Crippen LogP contribution >= 0.6 is 20.6 Å². The predicted molar refractivity (Wildman–Crippen MR) is 109 cm³/mol. The molecule has 1 atom stereocenters. The highest BCUT2D eigenvalue weighted by atomic mass is 32.1. The fraction of sp³-hybridized carbons (Fsp3) is 0.158. The first-order valence-corrected chi connectivity index (χ1v) is 9.26. The standard InChI is InChI=1S/C19H19FN3PS/c1-12-6-4-5-7-15(12)17-11-25-19(22-17)23(3)21-10-14-9-18(24)16(20)8-13(14)2/h4-11H,24H2,1-3H3/b21-10+. The maximum Gasteiger partial charge on any atom is 0.206 e. The minimum Gasteiger partial charge on any atom is -0.242 e. The van der Waals surface area contributed by atoms with Gasteiger partial charge in [0, 0.05) is 23.3 Å². The van der Waals surface area contributed by atoms with E-state index in [1.165, 1.54) is 11.6 Å². The number of aryl methyl sites for hydroxylation is 2. The number of nitrogens with zero attached hydrogens (tertiary/aromatic N) is 3. The zero-order valence-corrected chi connectivity index (χ0v) is 16.3. The lowest BCUT2D eigenvalue weighted by atomic mass is 10.1. The molecule has 0 aliphatic rings. The van der Waals surface area contributed by atoms with Gasteiger partial charge in [-0.1, -0.05) is 24.3 Å². The first kappa shape index (κ1) is 17.7. The number of benzene rings is 2. The highest BCUT2D eigenvalue weighted by Crippen LogP contribution is 2.28. The van der Waals surface area contributed by atoms with E-state index in [0.29, 0.717) is 5.30 Å². The third-order valence-electron chi connectivity index (χ3n) is 3.95. The smallest absolute Gasteiger partial charge is 0.206 e. The van der Waals surface area contributed by atoms with Crippen molar-refractivity contribution in [1.29, 1.82) is 0 Å². The van der Waals surface area contributed by atoms with Crippen LogP contribution in [-0.2, 0) is 0 Å². The molecule has 0 saturated carbocycles. The number of hydrogen-bond donors (Lipinski definition) is 0. The lowest BCUT2D eigenvalue weighted by molar-refractivity contribution is 0.635. The van der Waals surface area contributed by atoms with Crippen LogP contribution in [-0.4, -0.2) is 18.2 Å². The molecule has 0 radical (unpaired) electrons. The van der Waals surface area contributed by atoms with Gasteiger partial charge in [-0.25, -0.2) is 14.4 Å². The van der Waals surface area contributed by atoms with Crippen LogP contribution in [0.2, 0.25) is 0 Å². The van der Waals surface area contributed by atoms with Crippen molar-refractivity contribution in [2.45, 2.75) is 13.8 Å².